The molecule has 0 bridgehead atoms. The van der Waals surface area contributed by atoms with Crippen molar-refractivity contribution in [1.82, 2.24) is 0 Å². The summed E-state index contributed by atoms with van der Waals surface area (Å²) in [5.74, 6) is -2.24. The first-order chi connectivity index (χ1) is 8.58. The standard InChI is InChI=1S/C11H9N3O4/c15-10(16)4-7-3-6(9-5-12-14-13-9)1-2-8(7)11(17)18/h1-3,5,9H,4H2,(H,15,16)(H,17,18). The second-order valence-corrected chi connectivity index (χ2v) is 3.71. The Kier molecular flexibility index (Phi) is 3.13. The quantitative estimate of drug-likeness (QED) is 0.839. The Bertz CT molecular complexity index is 553. The summed E-state index contributed by atoms with van der Waals surface area (Å²) in [7, 11) is 0. The summed E-state index contributed by atoms with van der Waals surface area (Å²) < 4.78 is 0. The van der Waals surface area contributed by atoms with Gasteiger partial charge in [-0.2, -0.15) is 5.11 Å². The highest BCUT2D eigenvalue weighted by atomic mass is 16.4. The highest BCUT2D eigenvalue weighted by Crippen LogP contribution is 2.23. The molecule has 0 saturated carbocycles. The van der Waals surface area contributed by atoms with Crippen LogP contribution in [0.25, 0.3) is 0 Å². The van der Waals surface area contributed by atoms with Gasteiger partial charge in [0.25, 0.3) is 0 Å². The van der Waals surface area contributed by atoms with Crippen LogP contribution in [0, 0.1) is 0 Å². The first kappa shape index (κ1) is 11.9. The number of hydrogen-bond donors (Lipinski definition) is 2. The molecule has 0 aromatic heterocycles. The topological polar surface area (TPSA) is 112 Å². The third kappa shape index (κ3) is 2.40. The van der Waals surface area contributed by atoms with Crippen LogP contribution in [0.3, 0.4) is 0 Å². The maximum absolute atomic E-state index is 11.0. The van der Waals surface area contributed by atoms with Crippen LogP contribution in [0.4, 0.5) is 0 Å². The molecule has 1 aliphatic rings. The van der Waals surface area contributed by atoms with Crippen molar-refractivity contribution in [2.75, 3.05) is 0 Å². The molecule has 0 aliphatic carbocycles. The van der Waals surface area contributed by atoms with E-state index in [1.54, 1.807) is 6.07 Å². The molecule has 2 N–H and O–H groups in total. The number of aliphatic carboxylic acids is 1. The van der Waals surface area contributed by atoms with Gasteiger partial charge >= 0.3 is 11.9 Å². The maximum atomic E-state index is 11.0. The fraction of sp³-hybridized carbons (Fsp3) is 0.182. The van der Waals surface area contributed by atoms with Gasteiger partial charge in [-0.1, -0.05) is 12.1 Å². The van der Waals surface area contributed by atoms with Crippen molar-refractivity contribution in [2.45, 2.75) is 12.5 Å². The maximum Gasteiger partial charge on any atom is 0.335 e. The first-order valence-electron chi connectivity index (χ1n) is 5.09. The van der Waals surface area contributed by atoms with Gasteiger partial charge in [0.2, 0.25) is 0 Å². The summed E-state index contributed by atoms with van der Waals surface area (Å²) in [4.78, 5) is 21.7. The Morgan fingerprint density at radius 1 is 1.28 bits per heavy atom. The van der Waals surface area contributed by atoms with E-state index in [4.69, 9.17) is 10.2 Å². The van der Waals surface area contributed by atoms with E-state index in [9.17, 15) is 9.59 Å². The minimum atomic E-state index is -1.15. The Morgan fingerprint density at radius 2 is 2.06 bits per heavy atom. The lowest BCUT2D eigenvalue weighted by Gasteiger charge is -2.08. The summed E-state index contributed by atoms with van der Waals surface area (Å²) >= 11 is 0. The zero-order chi connectivity index (χ0) is 13.1. The summed E-state index contributed by atoms with van der Waals surface area (Å²) in [5, 5.41) is 28.6. The third-order valence-corrected chi connectivity index (χ3v) is 2.48. The van der Waals surface area contributed by atoms with Crippen LogP contribution in [-0.2, 0) is 11.2 Å². The van der Waals surface area contributed by atoms with Gasteiger partial charge in [0, 0.05) is 0 Å². The SMILES string of the molecule is O=C(O)Cc1cc(C2C=NN=N2)ccc1C(=O)O. The second kappa shape index (κ2) is 4.74. The zero-order valence-electron chi connectivity index (χ0n) is 9.15. The predicted octanol–water partition coefficient (Wildman–Crippen LogP) is 1.50. The van der Waals surface area contributed by atoms with E-state index < -0.39 is 11.9 Å². The van der Waals surface area contributed by atoms with Gasteiger partial charge in [0.1, 0.15) is 6.04 Å². The summed E-state index contributed by atoms with van der Waals surface area (Å²) in [6, 6.07) is 4.09. The van der Waals surface area contributed by atoms with Gasteiger partial charge in [0.15, 0.2) is 0 Å². The monoisotopic (exact) mass is 247 g/mol. The molecule has 0 saturated heterocycles. The van der Waals surface area contributed by atoms with Crippen molar-refractivity contribution >= 4 is 18.2 Å². The minimum Gasteiger partial charge on any atom is -0.481 e. The van der Waals surface area contributed by atoms with E-state index in [2.05, 4.69) is 15.4 Å². The van der Waals surface area contributed by atoms with Gasteiger partial charge in [0.05, 0.1) is 18.2 Å². The molecule has 7 nitrogen and oxygen atoms in total. The molecule has 18 heavy (non-hydrogen) atoms. The van der Waals surface area contributed by atoms with Crippen LogP contribution in [0.15, 0.2) is 33.6 Å². The molecule has 0 spiro atoms. The number of carbonyl (C=O) groups is 2. The molecule has 2 rings (SSSR count). The largest absolute Gasteiger partial charge is 0.481 e. The third-order valence-electron chi connectivity index (χ3n) is 2.48. The van der Waals surface area contributed by atoms with Crippen LogP contribution in [-0.4, -0.2) is 28.4 Å². The van der Waals surface area contributed by atoms with Gasteiger partial charge < -0.3 is 10.2 Å². The Hall–Kier alpha value is -2.57. The molecular weight excluding hydrogens is 238 g/mol. The lowest BCUT2D eigenvalue weighted by Crippen LogP contribution is -2.09. The fourth-order valence-electron chi connectivity index (χ4n) is 1.68. The van der Waals surface area contributed by atoms with Gasteiger partial charge in [-0.3, -0.25) is 4.79 Å². The number of rotatable bonds is 4. The molecule has 1 unspecified atom stereocenters. The summed E-state index contributed by atoms with van der Waals surface area (Å²) in [5.41, 5.74) is 0.886. The predicted molar refractivity (Wildman–Crippen MR) is 60.8 cm³/mol. The van der Waals surface area contributed by atoms with Crippen molar-refractivity contribution in [1.29, 1.82) is 0 Å². The van der Waals surface area contributed by atoms with Crippen molar-refractivity contribution < 1.29 is 19.8 Å². The number of nitrogens with zero attached hydrogens (tertiary/aromatic N) is 3. The Labute approximate surface area is 101 Å². The van der Waals surface area contributed by atoms with E-state index in [0.717, 1.165) is 0 Å². The summed E-state index contributed by atoms with van der Waals surface area (Å²) in [6.07, 6.45) is 1.15. The lowest BCUT2D eigenvalue weighted by atomic mass is 9.98. The summed E-state index contributed by atoms with van der Waals surface area (Å²) in [6.45, 7) is 0. The molecule has 0 radical (unpaired) electrons. The minimum absolute atomic E-state index is 0.0203. The van der Waals surface area contributed by atoms with Crippen molar-refractivity contribution in [3.63, 3.8) is 0 Å². The molecule has 0 fully saturated rings. The fourth-order valence-corrected chi connectivity index (χ4v) is 1.68. The number of hydrogen-bond acceptors (Lipinski definition) is 5. The average molecular weight is 247 g/mol. The van der Waals surface area contributed by atoms with E-state index >= 15 is 0 Å². The van der Waals surface area contributed by atoms with E-state index in [1.165, 1.54) is 18.3 Å². The van der Waals surface area contributed by atoms with Crippen LogP contribution < -0.4 is 0 Å². The zero-order valence-corrected chi connectivity index (χ0v) is 9.15. The van der Waals surface area contributed by atoms with E-state index in [-0.39, 0.29) is 23.6 Å². The Morgan fingerprint density at radius 3 is 2.61 bits per heavy atom. The molecule has 7 heteroatoms. The second-order valence-electron chi connectivity index (χ2n) is 3.71. The molecule has 0 amide bonds. The molecular formula is C11H9N3O4. The van der Waals surface area contributed by atoms with Crippen LogP contribution in [0.2, 0.25) is 0 Å². The normalized spacial score (nSPS) is 17.0. The lowest BCUT2D eigenvalue weighted by molar-refractivity contribution is -0.136. The first-order valence-corrected chi connectivity index (χ1v) is 5.09. The highest BCUT2D eigenvalue weighted by molar-refractivity contribution is 5.91. The molecule has 92 valence electrons. The van der Waals surface area contributed by atoms with Crippen molar-refractivity contribution in [2.24, 2.45) is 15.4 Å². The molecule has 1 heterocycles. The number of benzene rings is 1. The van der Waals surface area contributed by atoms with Crippen LogP contribution in [0.5, 0.6) is 0 Å². The van der Waals surface area contributed by atoms with Gasteiger partial charge in [-0.25, -0.2) is 4.79 Å². The Balaban J connectivity index is 2.41. The number of carboxylic acid groups (broad SMARTS) is 2. The van der Waals surface area contributed by atoms with E-state index in [0.29, 0.717) is 5.56 Å². The molecule has 1 aromatic rings. The molecule has 1 aromatic carbocycles. The van der Waals surface area contributed by atoms with Gasteiger partial charge in [-0.05, 0) is 22.4 Å². The van der Waals surface area contributed by atoms with Crippen LogP contribution in [0.1, 0.15) is 27.5 Å². The highest BCUT2D eigenvalue weighted by Gasteiger charge is 2.17. The van der Waals surface area contributed by atoms with Gasteiger partial charge in [-0.15, -0.1) is 5.10 Å². The number of aromatic carboxylic acids is 1. The van der Waals surface area contributed by atoms with Crippen molar-refractivity contribution in [3.05, 3.63) is 34.9 Å². The smallest absolute Gasteiger partial charge is 0.335 e. The van der Waals surface area contributed by atoms with Crippen molar-refractivity contribution in [3.8, 4) is 0 Å². The number of carboxylic acids is 2. The molecule has 1 atom stereocenters. The molecule has 1 aliphatic heterocycles. The van der Waals surface area contributed by atoms with E-state index in [1.807, 2.05) is 0 Å². The van der Waals surface area contributed by atoms with Crippen LogP contribution >= 0.6 is 0 Å². The average Bonchev–Trinajstić information content (AvgIpc) is 2.81.